The molecule has 1 saturated carbocycles. The van der Waals surface area contributed by atoms with E-state index in [2.05, 4.69) is 5.32 Å². The molecule has 1 aromatic carbocycles. The quantitative estimate of drug-likeness (QED) is 0.347. The SMILES string of the molecule is CCOC(=O)C[C@@H](c1ccc([N+](=O)[O-])cc1)[C@H](NC(=O)CC1CCCC1)C(N)=O. The Labute approximate surface area is 169 Å². The first-order valence-electron chi connectivity index (χ1n) is 9.80. The van der Waals surface area contributed by atoms with E-state index < -0.39 is 28.8 Å². The second-order valence-electron chi connectivity index (χ2n) is 7.27. The van der Waals surface area contributed by atoms with E-state index in [-0.39, 0.29) is 30.5 Å². The van der Waals surface area contributed by atoms with Crippen LogP contribution in [0, 0.1) is 16.0 Å². The molecule has 9 nitrogen and oxygen atoms in total. The Balaban J connectivity index is 2.23. The highest BCUT2D eigenvalue weighted by atomic mass is 16.6. The smallest absolute Gasteiger partial charge is 0.306 e. The van der Waals surface area contributed by atoms with E-state index >= 15 is 0 Å². The van der Waals surface area contributed by atoms with Gasteiger partial charge in [-0.15, -0.1) is 0 Å². The van der Waals surface area contributed by atoms with Crippen LogP contribution in [0.25, 0.3) is 0 Å². The zero-order valence-electron chi connectivity index (χ0n) is 16.5. The van der Waals surface area contributed by atoms with Crippen LogP contribution in [-0.4, -0.2) is 35.4 Å². The van der Waals surface area contributed by atoms with Crippen molar-refractivity contribution in [1.82, 2.24) is 5.32 Å². The Morgan fingerprint density at radius 2 is 1.86 bits per heavy atom. The third kappa shape index (κ3) is 6.55. The van der Waals surface area contributed by atoms with Crippen molar-refractivity contribution in [2.45, 2.75) is 57.4 Å². The highest BCUT2D eigenvalue weighted by Crippen LogP contribution is 2.29. The lowest BCUT2D eigenvalue weighted by atomic mass is 9.87. The highest BCUT2D eigenvalue weighted by Gasteiger charge is 2.33. The molecular formula is C20H27N3O6. The monoisotopic (exact) mass is 405 g/mol. The molecule has 2 amide bonds. The van der Waals surface area contributed by atoms with Crippen LogP contribution in [0.15, 0.2) is 24.3 Å². The number of hydrogen-bond donors (Lipinski definition) is 2. The molecule has 0 saturated heterocycles. The number of benzene rings is 1. The van der Waals surface area contributed by atoms with Crippen LogP contribution in [0.3, 0.4) is 0 Å². The first-order valence-corrected chi connectivity index (χ1v) is 9.80. The number of amides is 2. The van der Waals surface area contributed by atoms with Gasteiger partial charge in [-0.1, -0.05) is 25.0 Å². The Hall–Kier alpha value is -2.97. The maximum absolute atomic E-state index is 12.5. The van der Waals surface area contributed by atoms with E-state index in [1.165, 1.54) is 24.3 Å². The number of nitro groups is 1. The summed E-state index contributed by atoms with van der Waals surface area (Å²) in [6.45, 7) is 1.83. The van der Waals surface area contributed by atoms with Gasteiger partial charge in [0.25, 0.3) is 5.69 Å². The van der Waals surface area contributed by atoms with Crippen LogP contribution in [0.5, 0.6) is 0 Å². The van der Waals surface area contributed by atoms with Crippen LogP contribution in [-0.2, 0) is 19.1 Å². The number of nitro benzene ring substituents is 1. The van der Waals surface area contributed by atoms with Gasteiger partial charge in [0.05, 0.1) is 18.0 Å². The van der Waals surface area contributed by atoms with Crippen molar-refractivity contribution in [2.75, 3.05) is 6.61 Å². The number of ether oxygens (including phenoxy) is 1. The largest absolute Gasteiger partial charge is 0.466 e. The van der Waals surface area contributed by atoms with Gasteiger partial charge in [0.2, 0.25) is 11.8 Å². The average Bonchev–Trinajstić information content (AvgIpc) is 3.17. The fraction of sp³-hybridized carbons (Fsp3) is 0.550. The third-order valence-corrected chi connectivity index (χ3v) is 5.20. The Kier molecular flexibility index (Phi) is 8.11. The van der Waals surface area contributed by atoms with E-state index in [1.54, 1.807) is 6.92 Å². The van der Waals surface area contributed by atoms with E-state index in [0.717, 1.165) is 25.7 Å². The van der Waals surface area contributed by atoms with Crippen molar-refractivity contribution >= 4 is 23.5 Å². The zero-order valence-corrected chi connectivity index (χ0v) is 16.5. The fourth-order valence-corrected chi connectivity index (χ4v) is 3.75. The molecule has 3 N–H and O–H groups in total. The van der Waals surface area contributed by atoms with E-state index in [1.807, 2.05) is 0 Å². The second kappa shape index (κ2) is 10.5. The molecule has 1 fully saturated rings. The summed E-state index contributed by atoms with van der Waals surface area (Å²) < 4.78 is 4.99. The standard InChI is InChI=1S/C20H27N3O6/c1-2-29-18(25)12-16(14-7-9-15(10-8-14)23(27)28)19(20(21)26)22-17(24)11-13-5-3-4-6-13/h7-10,13,16,19H,2-6,11-12H2,1H3,(H2,21,26)(H,22,24)/t16-,19-/m0/s1. The number of rotatable bonds is 10. The molecule has 1 aromatic rings. The molecule has 29 heavy (non-hydrogen) atoms. The number of esters is 1. The van der Waals surface area contributed by atoms with Crippen molar-refractivity contribution in [1.29, 1.82) is 0 Å². The molecule has 0 radical (unpaired) electrons. The van der Waals surface area contributed by atoms with Crippen LogP contribution in [0.1, 0.15) is 56.9 Å². The molecule has 0 aliphatic heterocycles. The van der Waals surface area contributed by atoms with Crippen LogP contribution in [0.2, 0.25) is 0 Å². The topological polar surface area (TPSA) is 142 Å². The van der Waals surface area contributed by atoms with E-state index in [0.29, 0.717) is 12.0 Å². The summed E-state index contributed by atoms with van der Waals surface area (Å²) in [7, 11) is 0. The molecule has 0 heterocycles. The highest BCUT2D eigenvalue weighted by molar-refractivity contribution is 5.88. The number of nitrogens with one attached hydrogen (secondary N) is 1. The maximum atomic E-state index is 12.5. The number of carbonyl (C=O) groups is 3. The lowest BCUT2D eigenvalue weighted by molar-refractivity contribution is -0.384. The summed E-state index contributed by atoms with van der Waals surface area (Å²) in [4.78, 5) is 47.1. The van der Waals surface area contributed by atoms with Gasteiger partial charge < -0.3 is 15.8 Å². The van der Waals surface area contributed by atoms with Crippen LogP contribution in [0.4, 0.5) is 5.69 Å². The molecule has 0 unspecified atom stereocenters. The minimum absolute atomic E-state index is 0.121. The van der Waals surface area contributed by atoms with Gasteiger partial charge in [-0.05, 0) is 31.2 Å². The molecule has 158 valence electrons. The first-order chi connectivity index (χ1) is 13.8. The zero-order chi connectivity index (χ0) is 21.4. The minimum atomic E-state index is -1.13. The van der Waals surface area contributed by atoms with Crippen LogP contribution < -0.4 is 11.1 Å². The summed E-state index contributed by atoms with van der Waals surface area (Å²) >= 11 is 0. The summed E-state index contributed by atoms with van der Waals surface area (Å²) in [6, 6.07) is 4.36. The van der Waals surface area contributed by atoms with Gasteiger partial charge >= 0.3 is 5.97 Å². The number of primary amides is 1. The molecule has 2 rings (SSSR count). The minimum Gasteiger partial charge on any atom is -0.466 e. The summed E-state index contributed by atoms with van der Waals surface area (Å²) in [6.07, 6.45) is 4.24. The number of hydrogen-bond acceptors (Lipinski definition) is 6. The van der Waals surface area contributed by atoms with Gasteiger partial charge in [-0.2, -0.15) is 0 Å². The van der Waals surface area contributed by atoms with E-state index in [4.69, 9.17) is 10.5 Å². The Morgan fingerprint density at radius 3 is 2.38 bits per heavy atom. The van der Waals surface area contributed by atoms with Crippen molar-refractivity contribution in [3.63, 3.8) is 0 Å². The molecule has 2 atom stereocenters. The first kappa shape index (κ1) is 22.3. The van der Waals surface area contributed by atoms with Gasteiger partial charge in [0.1, 0.15) is 6.04 Å². The number of non-ortho nitro benzene ring substituents is 1. The predicted octanol–water partition coefficient (Wildman–Crippen LogP) is 2.18. The number of carbonyl (C=O) groups excluding carboxylic acids is 3. The van der Waals surface area contributed by atoms with Gasteiger partial charge in [0.15, 0.2) is 0 Å². The molecule has 0 aromatic heterocycles. The molecule has 0 spiro atoms. The van der Waals surface area contributed by atoms with Gasteiger partial charge in [-0.25, -0.2) is 0 Å². The normalized spacial score (nSPS) is 16.0. The second-order valence-corrected chi connectivity index (χ2v) is 7.27. The lowest BCUT2D eigenvalue weighted by Gasteiger charge is -2.26. The Morgan fingerprint density at radius 1 is 1.24 bits per heavy atom. The predicted molar refractivity (Wildman–Crippen MR) is 105 cm³/mol. The summed E-state index contributed by atoms with van der Waals surface area (Å²) in [5.41, 5.74) is 5.90. The van der Waals surface area contributed by atoms with Gasteiger partial charge in [-0.3, -0.25) is 24.5 Å². The fourth-order valence-electron chi connectivity index (χ4n) is 3.75. The molecule has 9 heteroatoms. The average molecular weight is 405 g/mol. The van der Waals surface area contributed by atoms with Crippen molar-refractivity contribution < 1.29 is 24.0 Å². The molecule has 0 bridgehead atoms. The molecule has 1 aliphatic carbocycles. The summed E-state index contributed by atoms with van der Waals surface area (Å²) in [5.74, 6) is -2.13. The third-order valence-electron chi connectivity index (χ3n) is 5.20. The summed E-state index contributed by atoms with van der Waals surface area (Å²) in [5, 5.41) is 13.6. The molecular weight excluding hydrogens is 378 g/mol. The number of nitrogens with two attached hydrogens (primary N) is 1. The molecule has 1 aliphatic rings. The lowest BCUT2D eigenvalue weighted by Crippen LogP contribution is -2.49. The van der Waals surface area contributed by atoms with Crippen molar-refractivity contribution in [3.8, 4) is 0 Å². The van der Waals surface area contributed by atoms with E-state index in [9.17, 15) is 24.5 Å². The maximum Gasteiger partial charge on any atom is 0.306 e. The van der Waals surface area contributed by atoms with Crippen molar-refractivity contribution in [2.24, 2.45) is 11.7 Å². The Bertz CT molecular complexity index is 743. The van der Waals surface area contributed by atoms with Crippen molar-refractivity contribution in [3.05, 3.63) is 39.9 Å². The van der Waals surface area contributed by atoms with Gasteiger partial charge in [0, 0.05) is 24.5 Å². The van der Waals surface area contributed by atoms with Crippen LogP contribution >= 0.6 is 0 Å². The number of nitrogens with zero attached hydrogens (tertiary/aromatic N) is 1.